The molecule has 2 N–H and O–H groups in total. The molecule has 2 heterocycles. The van der Waals surface area contributed by atoms with Crippen LogP contribution in [0.2, 0.25) is 0 Å². The van der Waals surface area contributed by atoms with Crippen LogP contribution in [0.1, 0.15) is 17.1 Å². The Morgan fingerprint density at radius 1 is 1.39 bits per heavy atom. The fourth-order valence-corrected chi connectivity index (χ4v) is 1.96. The molecule has 0 atom stereocenters. The van der Waals surface area contributed by atoms with Crippen LogP contribution in [0.5, 0.6) is 0 Å². The summed E-state index contributed by atoms with van der Waals surface area (Å²) in [4.78, 5) is 12.8. The van der Waals surface area contributed by atoms with Crippen molar-refractivity contribution in [2.75, 3.05) is 12.8 Å². The monoisotopic (exact) mass is 356 g/mol. The molecule has 2 aromatic rings. The molecule has 2 aromatic heterocycles. The van der Waals surface area contributed by atoms with Gasteiger partial charge in [0, 0.05) is 25.9 Å². The van der Waals surface area contributed by atoms with Gasteiger partial charge in [-0.05, 0) is 34.2 Å². The third kappa shape index (κ3) is 3.14. The number of anilines is 1. The van der Waals surface area contributed by atoms with E-state index in [0.29, 0.717) is 24.7 Å². The first-order chi connectivity index (χ1) is 8.70. The lowest BCUT2D eigenvalue weighted by Gasteiger charge is -2.08. The maximum absolute atomic E-state index is 5.88. The Morgan fingerprint density at radius 3 is 2.89 bits per heavy atom. The summed E-state index contributed by atoms with van der Waals surface area (Å²) in [5, 5.41) is 0. The van der Waals surface area contributed by atoms with Crippen LogP contribution in [-0.2, 0) is 17.8 Å². The summed E-state index contributed by atoms with van der Waals surface area (Å²) in [5.74, 6) is 1.18. The molecule has 0 aliphatic rings. The van der Waals surface area contributed by atoms with Gasteiger partial charge in [-0.2, -0.15) is 0 Å². The van der Waals surface area contributed by atoms with Crippen molar-refractivity contribution in [3.8, 4) is 0 Å². The lowest BCUT2D eigenvalue weighted by Crippen LogP contribution is -2.08. The van der Waals surface area contributed by atoms with Gasteiger partial charge in [-0.3, -0.25) is 4.98 Å². The molecule has 0 aromatic carbocycles. The zero-order valence-corrected chi connectivity index (χ0v) is 12.1. The van der Waals surface area contributed by atoms with E-state index in [9.17, 15) is 0 Å². The lowest BCUT2D eigenvalue weighted by atomic mass is 10.2. The van der Waals surface area contributed by atoms with E-state index in [1.54, 1.807) is 19.5 Å². The molecule has 0 aliphatic heterocycles. The fourth-order valence-electron chi connectivity index (χ4n) is 1.56. The highest BCUT2D eigenvalue weighted by Crippen LogP contribution is 2.18. The van der Waals surface area contributed by atoms with E-state index in [-0.39, 0.29) is 0 Å². The molecule has 0 aliphatic carbocycles. The van der Waals surface area contributed by atoms with Crippen LogP contribution in [0.25, 0.3) is 0 Å². The molecule has 0 saturated carbocycles. The van der Waals surface area contributed by atoms with Crippen LogP contribution >= 0.6 is 22.6 Å². The Kier molecular flexibility index (Phi) is 4.43. The number of hydrogen-bond donors (Lipinski definition) is 1. The maximum atomic E-state index is 5.88. The van der Waals surface area contributed by atoms with Crippen LogP contribution in [-0.4, -0.2) is 22.1 Å². The lowest BCUT2D eigenvalue weighted by molar-refractivity contribution is 0.180. The number of nitrogen functional groups attached to an aromatic ring is 1. The van der Waals surface area contributed by atoms with Crippen molar-refractivity contribution in [2.24, 2.45) is 0 Å². The van der Waals surface area contributed by atoms with Crippen molar-refractivity contribution in [1.29, 1.82) is 0 Å². The van der Waals surface area contributed by atoms with Gasteiger partial charge in [0.05, 0.1) is 15.9 Å². The summed E-state index contributed by atoms with van der Waals surface area (Å²) in [6, 6.07) is 3.88. The van der Waals surface area contributed by atoms with Crippen molar-refractivity contribution in [3.05, 3.63) is 45.2 Å². The van der Waals surface area contributed by atoms with Crippen molar-refractivity contribution < 1.29 is 4.74 Å². The van der Waals surface area contributed by atoms with Gasteiger partial charge in [0.15, 0.2) is 0 Å². The van der Waals surface area contributed by atoms with Crippen LogP contribution in [0.4, 0.5) is 5.82 Å². The van der Waals surface area contributed by atoms with E-state index >= 15 is 0 Å². The van der Waals surface area contributed by atoms with Gasteiger partial charge in [0.2, 0.25) is 0 Å². The highest BCUT2D eigenvalue weighted by Gasteiger charge is 2.10. The Labute approximate surface area is 119 Å². The average molecular weight is 356 g/mol. The number of hydrogen-bond acceptors (Lipinski definition) is 5. The smallest absolute Gasteiger partial charge is 0.141 e. The first-order valence-electron chi connectivity index (χ1n) is 5.39. The van der Waals surface area contributed by atoms with E-state index in [0.717, 1.165) is 14.8 Å². The number of ether oxygens (including phenoxy) is 1. The second kappa shape index (κ2) is 6.05. The largest absolute Gasteiger partial charge is 0.383 e. The molecule has 0 bridgehead atoms. The summed E-state index contributed by atoms with van der Waals surface area (Å²) < 4.78 is 5.96. The molecular formula is C12H13IN4O. The van der Waals surface area contributed by atoms with Crippen LogP contribution in [0.3, 0.4) is 0 Å². The fraction of sp³-hybridized carbons (Fsp3) is 0.250. The topological polar surface area (TPSA) is 73.9 Å². The molecule has 94 valence electrons. The molecule has 0 amide bonds. The highest BCUT2D eigenvalue weighted by molar-refractivity contribution is 14.1. The van der Waals surface area contributed by atoms with Gasteiger partial charge in [-0.1, -0.05) is 6.07 Å². The minimum atomic E-state index is 0.436. The number of halogens is 1. The second-order valence-electron chi connectivity index (χ2n) is 3.76. The Balaban J connectivity index is 2.28. The number of nitrogens with zero attached hydrogens (tertiary/aromatic N) is 3. The molecule has 0 spiro atoms. The van der Waals surface area contributed by atoms with E-state index < -0.39 is 0 Å². The predicted octanol–water partition coefficient (Wildman–Crippen LogP) is 1.80. The van der Waals surface area contributed by atoms with Gasteiger partial charge < -0.3 is 10.5 Å². The number of pyridine rings is 1. The normalized spacial score (nSPS) is 10.6. The molecule has 0 fully saturated rings. The van der Waals surface area contributed by atoms with E-state index in [4.69, 9.17) is 10.5 Å². The van der Waals surface area contributed by atoms with Crippen LogP contribution in [0.15, 0.2) is 24.5 Å². The third-order valence-electron chi connectivity index (χ3n) is 2.36. The Hall–Kier alpha value is -1.28. The molecule has 18 heavy (non-hydrogen) atoms. The summed E-state index contributed by atoms with van der Waals surface area (Å²) in [6.07, 6.45) is 4.15. The number of aromatic nitrogens is 3. The van der Waals surface area contributed by atoms with Crippen molar-refractivity contribution in [1.82, 2.24) is 15.0 Å². The van der Waals surface area contributed by atoms with Crippen LogP contribution in [0, 0.1) is 3.57 Å². The quantitative estimate of drug-likeness (QED) is 0.846. The van der Waals surface area contributed by atoms with Crippen molar-refractivity contribution in [3.63, 3.8) is 0 Å². The maximum Gasteiger partial charge on any atom is 0.141 e. The molecule has 0 saturated heterocycles. The molecule has 6 heteroatoms. The third-order valence-corrected chi connectivity index (χ3v) is 3.53. The van der Waals surface area contributed by atoms with E-state index in [2.05, 4.69) is 37.5 Å². The summed E-state index contributed by atoms with van der Waals surface area (Å²) in [7, 11) is 1.63. The summed E-state index contributed by atoms with van der Waals surface area (Å²) in [6.45, 7) is 0.436. The van der Waals surface area contributed by atoms with Gasteiger partial charge in [0.25, 0.3) is 0 Å². The SMILES string of the molecule is COCc1nc(Cc2cccnc2)nc(N)c1I. The average Bonchev–Trinajstić information content (AvgIpc) is 2.37. The molecule has 0 unspecified atom stereocenters. The van der Waals surface area contributed by atoms with Gasteiger partial charge >= 0.3 is 0 Å². The zero-order valence-electron chi connectivity index (χ0n) is 9.93. The molecular weight excluding hydrogens is 343 g/mol. The Bertz CT molecular complexity index is 533. The second-order valence-corrected chi connectivity index (χ2v) is 4.84. The zero-order chi connectivity index (χ0) is 13.0. The van der Waals surface area contributed by atoms with E-state index in [1.165, 1.54) is 0 Å². The van der Waals surface area contributed by atoms with Crippen molar-refractivity contribution in [2.45, 2.75) is 13.0 Å². The molecule has 5 nitrogen and oxygen atoms in total. The van der Waals surface area contributed by atoms with E-state index in [1.807, 2.05) is 12.1 Å². The minimum absolute atomic E-state index is 0.436. The standard InChI is InChI=1S/C12H13IN4O/c1-18-7-9-11(13)12(14)17-10(16-9)5-8-3-2-4-15-6-8/h2-4,6H,5,7H2,1H3,(H2,14,16,17). The van der Waals surface area contributed by atoms with Gasteiger partial charge in [-0.15, -0.1) is 0 Å². The van der Waals surface area contributed by atoms with Crippen molar-refractivity contribution >= 4 is 28.4 Å². The van der Waals surface area contributed by atoms with Gasteiger partial charge in [-0.25, -0.2) is 9.97 Å². The predicted molar refractivity (Wildman–Crippen MR) is 76.9 cm³/mol. The number of nitrogens with two attached hydrogens (primary N) is 1. The van der Waals surface area contributed by atoms with Crippen LogP contribution < -0.4 is 5.73 Å². The minimum Gasteiger partial charge on any atom is -0.383 e. The molecule has 2 rings (SSSR count). The first-order valence-corrected chi connectivity index (χ1v) is 6.47. The van der Waals surface area contributed by atoms with Gasteiger partial charge in [0.1, 0.15) is 11.6 Å². The highest BCUT2D eigenvalue weighted by atomic mass is 127. The summed E-state index contributed by atoms with van der Waals surface area (Å²) >= 11 is 2.13. The number of methoxy groups -OCH3 is 1. The summed E-state index contributed by atoms with van der Waals surface area (Å²) in [5.41, 5.74) is 7.76. The number of rotatable bonds is 4. The molecule has 0 radical (unpaired) electrons. The first kappa shape index (κ1) is 13.2. The Morgan fingerprint density at radius 2 is 2.22 bits per heavy atom.